The van der Waals surface area contributed by atoms with Gasteiger partial charge in [0, 0.05) is 24.6 Å². The number of thiazole rings is 1. The minimum atomic E-state index is 0.0517. The first-order chi connectivity index (χ1) is 11.7. The Morgan fingerprint density at radius 3 is 2.79 bits per heavy atom. The van der Waals surface area contributed by atoms with Crippen molar-refractivity contribution < 1.29 is 9.53 Å². The number of methoxy groups -OCH3 is 1. The number of hydrogen-bond acceptors (Lipinski definition) is 4. The van der Waals surface area contributed by atoms with Crippen LogP contribution in [0.5, 0.6) is 0 Å². The van der Waals surface area contributed by atoms with Gasteiger partial charge < -0.3 is 10.1 Å². The first kappa shape index (κ1) is 17.1. The van der Waals surface area contributed by atoms with Crippen LogP contribution in [0.4, 0.5) is 0 Å². The number of amides is 1. The fourth-order valence-corrected chi connectivity index (χ4v) is 4.05. The number of carbonyl (C=O) groups excluding carboxylic acids is 1. The molecule has 24 heavy (non-hydrogen) atoms. The van der Waals surface area contributed by atoms with E-state index in [2.05, 4.69) is 10.3 Å². The van der Waals surface area contributed by atoms with E-state index in [1.165, 1.54) is 19.3 Å². The smallest absolute Gasteiger partial charge is 0.226 e. The average molecular weight is 344 g/mol. The lowest BCUT2D eigenvalue weighted by Crippen LogP contribution is -2.38. The molecule has 1 aromatic heterocycles. The number of benzene rings is 1. The molecule has 0 bridgehead atoms. The van der Waals surface area contributed by atoms with E-state index in [1.54, 1.807) is 18.4 Å². The number of hydrogen-bond donors (Lipinski definition) is 1. The normalized spacial score (nSPS) is 15.7. The number of nitrogens with zero attached hydrogens (tertiary/aromatic N) is 1. The largest absolute Gasteiger partial charge is 0.384 e. The van der Waals surface area contributed by atoms with Crippen molar-refractivity contribution >= 4 is 17.2 Å². The van der Waals surface area contributed by atoms with E-state index in [0.29, 0.717) is 11.8 Å². The lowest BCUT2D eigenvalue weighted by Gasteiger charge is -2.41. The van der Waals surface area contributed by atoms with E-state index >= 15 is 0 Å². The molecule has 0 atom stereocenters. The van der Waals surface area contributed by atoms with Crippen molar-refractivity contribution in [3.05, 3.63) is 40.7 Å². The molecule has 0 saturated heterocycles. The summed E-state index contributed by atoms with van der Waals surface area (Å²) >= 11 is 1.54. The van der Waals surface area contributed by atoms with E-state index in [9.17, 15) is 4.79 Å². The van der Waals surface area contributed by atoms with Crippen LogP contribution in [0.3, 0.4) is 0 Å². The third-order valence-corrected chi connectivity index (χ3v) is 5.62. The Bertz CT molecular complexity index is 665. The van der Waals surface area contributed by atoms with Crippen LogP contribution in [0.25, 0.3) is 11.3 Å². The minimum absolute atomic E-state index is 0.0517. The summed E-state index contributed by atoms with van der Waals surface area (Å²) in [7, 11) is 1.76. The lowest BCUT2D eigenvalue weighted by molar-refractivity contribution is -0.120. The molecule has 1 amide bonds. The highest BCUT2D eigenvalue weighted by molar-refractivity contribution is 7.10. The van der Waals surface area contributed by atoms with Crippen molar-refractivity contribution in [2.75, 3.05) is 20.3 Å². The molecule has 1 aromatic carbocycles. The molecule has 128 valence electrons. The third-order valence-electron chi connectivity index (χ3n) is 4.78. The van der Waals surface area contributed by atoms with Crippen LogP contribution in [0.15, 0.2) is 35.7 Å². The standard InChI is InChI=1S/C19H24N2O2S/c1-23-14-19(8-5-9-19)10-11-20-17(22)12-18-21-16(13-24-18)15-6-3-2-4-7-15/h2-4,6-7,13H,5,8-12,14H2,1H3,(H,20,22). The zero-order valence-electron chi connectivity index (χ0n) is 14.1. The Labute approximate surface area is 147 Å². The van der Waals surface area contributed by atoms with Crippen LogP contribution in [0.2, 0.25) is 0 Å². The fourth-order valence-electron chi connectivity index (χ4n) is 3.25. The Hall–Kier alpha value is -1.72. The SMILES string of the molecule is COCC1(CCNC(=O)Cc2nc(-c3ccccc3)cs2)CCC1. The van der Waals surface area contributed by atoms with Gasteiger partial charge in [-0.25, -0.2) is 4.98 Å². The molecule has 1 heterocycles. The van der Waals surface area contributed by atoms with E-state index in [4.69, 9.17) is 4.74 Å². The van der Waals surface area contributed by atoms with E-state index < -0.39 is 0 Å². The fraction of sp³-hybridized carbons (Fsp3) is 0.474. The molecule has 0 spiro atoms. The third kappa shape index (κ3) is 4.22. The minimum Gasteiger partial charge on any atom is -0.384 e. The van der Waals surface area contributed by atoms with Crippen molar-refractivity contribution in [3.63, 3.8) is 0 Å². The number of nitrogens with one attached hydrogen (secondary N) is 1. The number of ether oxygens (including phenoxy) is 1. The van der Waals surface area contributed by atoms with Crippen LogP contribution >= 0.6 is 11.3 Å². The second-order valence-corrected chi connectivity index (χ2v) is 7.50. The van der Waals surface area contributed by atoms with Gasteiger partial charge in [-0.2, -0.15) is 0 Å². The van der Waals surface area contributed by atoms with Gasteiger partial charge in [0.1, 0.15) is 5.01 Å². The zero-order valence-corrected chi connectivity index (χ0v) is 14.9. The summed E-state index contributed by atoms with van der Waals surface area (Å²) in [4.78, 5) is 16.7. The maximum Gasteiger partial charge on any atom is 0.226 e. The van der Waals surface area contributed by atoms with E-state index in [1.807, 2.05) is 35.7 Å². The maximum absolute atomic E-state index is 12.1. The molecule has 1 saturated carbocycles. The molecule has 0 aliphatic heterocycles. The van der Waals surface area contributed by atoms with Gasteiger partial charge in [-0.05, 0) is 24.7 Å². The van der Waals surface area contributed by atoms with Crippen molar-refractivity contribution in [3.8, 4) is 11.3 Å². The van der Waals surface area contributed by atoms with Gasteiger partial charge >= 0.3 is 0 Å². The van der Waals surface area contributed by atoms with Crippen molar-refractivity contribution in [2.45, 2.75) is 32.1 Å². The van der Waals surface area contributed by atoms with E-state index in [-0.39, 0.29) is 5.91 Å². The van der Waals surface area contributed by atoms with Gasteiger partial charge in [0.25, 0.3) is 0 Å². The lowest BCUT2D eigenvalue weighted by atomic mass is 9.67. The highest BCUT2D eigenvalue weighted by Gasteiger charge is 2.36. The quantitative estimate of drug-likeness (QED) is 0.795. The Morgan fingerprint density at radius 1 is 1.33 bits per heavy atom. The second-order valence-electron chi connectivity index (χ2n) is 6.56. The van der Waals surface area contributed by atoms with Gasteiger partial charge in [0.05, 0.1) is 18.7 Å². The number of rotatable bonds is 8. The van der Waals surface area contributed by atoms with Crippen LogP contribution in [0, 0.1) is 5.41 Å². The molecule has 0 unspecified atom stereocenters. The summed E-state index contributed by atoms with van der Waals surface area (Å²) < 4.78 is 5.33. The maximum atomic E-state index is 12.1. The van der Waals surface area contributed by atoms with Gasteiger partial charge in [-0.15, -0.1) is 11.3 Å². The van der Waals surface area contributed by atoms with Gasteiger partial charge in [0.2, 0.25) is 5.91 Å². The molecular formula is C19H24N2O2S. The van der Waals surface area contributed by atoms with Crippen molar-refractivity contribution in [1.82, 2.24) is 10.3 Å². The first-order valence-corrected chi connectivity index (χ1v) is 9.34. The molecular weight excluding hydrogens is 320 g/mol. The molecule has 5 heteroatoms. The molecule has 1 aliphatic carbocycles. The van der Waals surface area contributed by atoms with Crippen LogP contribution < -0.4 is 5.32 Å². The number of aromatic nitrogens is 1. The molecule has 1 N–H and O–H groups in total. The molecule has 1 fully saturated rings. The average Bonchev–Trinajstić information content (AvgIpc) is 3.02. The molecule has 1 aliphatic rings. The highest BCUT2D eigenvalue weighted by atomic mass is 32.1. The molecule has 3 rings (SSSR count). The summed E-state index contributed by atoms with van der Waals surface area (Å²) in [5.74, 6) is 0.0517. The van der Waals surface area contributed by atoms with Gasteiger partial charge in [0.15, 0.2) is 0 Å². The molecule has 0 radical (unpaired) electrons. The van der Waals surface area contributed by atoms with Crippen LogP contribution in [0.1, 0.15) is 30.7 Å². The topological polar surface area (TPSA) is 51.2 Å². The van der Waals surface area contributed by atoms with Crippen LogP contribution in [-0.4, -0.2) is 31.2 Å². The molecule has 2 aromatic rings. The van der Waals surface area contributed by atoms with Gasteiger partial charge in [-0.3, -0.25) is 4.79 Å². The van der Waals surface area contributed by atoms with Crippen LogP contribution in [-0.2, 0) is 16.0 Å². The van der Waals surface area contributed by atoms with Crippen molar-refractivity contribution in [1.29, 1.82) is 0 Å². The van der Waals surface area contributed by atoms with Crippen molar-refractivity contribution in [2.24, 2.45) is 5.41 Å². The summed E-state index contributed by atoms with van der Waals surface area (Å²) in [5, 5.41) is 5.91. The Morgan fingerprint density at radius 2 is 2.12 bits per heavy atom. The molecule has 4 nitrogen and oxygen atoms in total. The Balaban J connectivity index is 1.46. The summed E-state index contributed by atoms with van der Waals surface area (Å²) in [6.45, 7) is 1.52. The summed E-state index contributed by atoms with van der Waals surface area (Å²) in [6.07, 6.45) is 5.06. The highest BCUT2D eigenvalue weighted by Crippen LogP contribution is 2.43. The van der Waals surface area contributed by atoms with E-state index in [0.717, 1.165) is 35.8 Å². The monoisotopic (exact) mass is 344 g/mol. The second kappa shape index (κ2) is 7.90. The summed E-state index contributed by atoms with van der Waals surface area (Å²) in [6, 6.07) is 10.1. The van der Waals surface area contributed by atoms with Gasteiger partial charge in [-0.1, -0.05) is 36.8 Å². The predicted molar refractivity (Wildman–Crippen MR) is 97.0 cm³/mol. The predicted octanol–water partition coefficient (Wildman–Crippen LogP) is 3.68. The Kier molecular flexibility index (Phi) is 5.63. The zero-order chi connectivity index (χ0) is 16.8. The first-order valence-electron chi connectivity index (χ1n) is 8.46. The summed E-state index contributed by atoms with van der Waals surface area (Å²) in [5.41, 5.74) is 2.33. The number of carbonyl (C=O) groups is 1.